The lowest BCUT2D eigenvalue weighted by Crippen LogP contribution is -2.41. The molecule has 0 aromatic heterocycles. The highest BCUT2D eigenvalue weighted by Crippen LogP contribution is 2.45. The van der Waals surface area contributed by atoms with Crippen LogP contribution in [0.5, 0.6) is 5.75 Å². The van der Waals surface area contributed by atoms with Crippen LogP contribution < -0.4 is 9.84 Å². The largest absolute Gasteiger partial charge is 0.549 e. The fourth-order valence-corrected chi connectivity index (χ4v) is 6.85. The quantitative estimate of drug-likeness (QED) is 0.404. The fraction of sp³-hybridized carbons (Fsp3) is 0.406. The highest BCUT2D eigenvalue weighted by atomic mass is 32.2. The molecule has 3 aromatic rings. The van der Waals surface area contributed by atoms with E-state index in [1.807, 2.05) is 30.0 Å². The number of rotatable bonds is 8. The van der Waals surface area contributed by atoms with Crippen LogP contribution in [0.15, 0.2) is 72.8 Å². The molecule has 2 aliphatic heterocycles. The van der Waals surface area contributed by atoms with Crippen LogP contribution in [0, 0.1) is 5.92 Å². The maximum Gasteiger partial charge on any atom is 0.124 e. The summed E-state index contributed by atoms with van der Waals surface area (Å²) in [5.74, 6) is 1.56. The Labute approximate surface area is 225 Å². The van der Waals surface area contributed by atoms with E-state index in [-0.39, 0.29) is 5.25 Å². The number of carbonyl (C=O) groups is 1. The van der Waals surface area contributed by atoms with Crippen molar-refractivity contribution in [3.63, 3.8) is 0 Å². The minimum absolute atomic E-state index is 0.0989. The van der Waals surface area contributed by atoms with Crippen molar-refractivity contribution >= 4 is 17.7 Å². The summed E-state index contributed by atoms with van der Waals surface area (Å²) in [6.45, 7) is 7.31. The van der Waals surface area contributed by atoms with Gasteiger partial charge in [0, 0.05) is 23.3 Å². The Morgan fingerprint density at radius 3 is 2.49 bits per heavy atom. The zero-order valence-electron chi connectivity index (χ0n) is 21.8. The summed E-state index contributed by atoms with van der Waals surface area (Å²) < 4.78 is 6.20. The minimum Gasteiger partial charge on any atom is -0.549 e. The van der Waals surface area contributed by atoms with Crippen molar-refractivity contribution in [2.24, 2.45) is 5.92 Å². The number of nitrogens with zero attached hydrogens (tertiary/aromatic N) is 1. The summed E-state index contributed by atoms with van der Waals surface area (Å²) in [6.07, 6.45) is 3.69. The summed E-state index contributed by atoms with van der Waals surface area (Å²) in [6, 6.07) is 25.2. The number of fused-ring (bicyclic) bond motifs is 2. The van der Waals surface area contributed by atoms with Crippen LogP contribution in [0.25, 0.3) is 0 Å². The number of carboxylic acid groups (broad SMARTS) is 1. The Bertz CT molecular complexity index is 1220. The summed E-state index contributed by atoms with van der Waals surface area (Å²) in [4.78, 5) is 14.5. The third kappa shape index (κ3) is 5.89. The lowest BCUT2D eigenvalue weighted by molar-refractivity contribution is -0.312. The van der Waals surface area contributed by atoms with Crippen LogP contribution in [-0.2, 0) is 23.2 Å². The number of piperidine rings is 1. The topological polar surface area (TPSA) is 52.6 Å². The molecule has 0 aliphatic carbocycles. The molecule has 0 spiro atoms. The van der Waals surface area contributed by atoms with Crippen molar-refractivity contribution in [3.05, 3.63) is 101 Å². The van der Waals surface area contributed by atoms with Gasteiger partial charge in [-0.15, -0.1) is 11.8 Å². The van der Waals surface area contributed by atoms with Gasteiger partial charge in [-0.25, -0.2) is 0 Å². The first kappa shape index (κ1) is 25.9. The standard InChI is InChI=1S/C32H37NO3S/c1-32(2,31(34)35)26-12-13-29-28(21-26)30(27-11-7-6-10-25(27)22-36-29)37-19-18-33-16-14-24(15-17-33)20-23-8-4-3-5-9-23/h3-13,21,24,30H,14-20,22H2,1-2H3,(H,34,35)/p-1. The van der Waals surface area contributed by atoms with Gasteiger partial charge in [0.25, 0.3) is 0 Å². The number of benzene rings is 3. The van der Waals surface area contributed by atoms with E-state index in [0.717, 1.165) is 48.2 Å². The number of thioether (sulfide) groups is 1. The van der Waals surface area contributed by atoms with Gasteiger partial charge in [-0.05, 0) is 72.7 Å². The van der Waals surface area contributed by atoms with Crippen LogP contribution >= 0.6 is 11.8 Å². The van der Waals surface area contributed by atoms with Gasteiger partial charge < -0.3 is 19.5 Å². The van der Waals surface area contributed by atoms with E-state index in [0.29, 0.717) is 6.61 Å². The van der Waals surface area contributed by atoms with Gasteiger partial charge in [0.2, 0.25) is 0 Å². The highest BCUT2D eigenvalue weighted by molar-refractivity contribution is 7.99. The van der Waals surface area contributed by atoms with Gasteiger partial charge in [0.15, 0.2) is 0 Å². The number of hydrogen-bond donors (Lipinski definition) is 0. The minimum atomic E-state index is -1.07. The maximum atomic E-state index is 11.9. The third-order valence-corrected chi connectivity index (χ3v) is 9.27. The monoisotopic (exact) mass is 514 g/mol. The van der Waals surface area contributed by atoms with Crippen LogP contribution in [0.2, 0.25) is 0 Å². The highest BCUT2D eigenvalue weighted by Gasteiger charge is 2.29. The Kier molecular flexibility index (Phi) is 7.92. The molecular formula is C32H36NO3S-. The number of hydrogen-bond acceptors (Lipinski definition) is 5. The molecule has 1 saturated heterocycles. The Hall–Kier alpha value is -2.76. The van der Waals surface area contributed by atoms with Gasteiger partial charge in [-0.2, -0.15) is 0 Å². The number of carbonyl (C=O) groups excluding carboxylic acids is 1. The number of aliphatic carboxylic acids is 1. The van der Waals surface area contributed by atoms with E-state index in [1.54, 1.807) is 13.8 Å². The van der Waals surface area contributed by atoms with E-state index in [2.05, 4.69) is 59.5 Å². The van der Waals surface area contributed by atoms with E-state index in [1.165, 1.54) is 36.0 Å². The van der Waals surface area contributed by atoms with E-state index < -0.39 is 11.4 Å². The van der Waals surface area contributed by atoms with Crippen molar-refractivity contribution in [2.45, 2.75) is 50.4 Å². The molecule has 0 radical (unpaired) electrons. The summed E-state index contributed by atoms with van der Waals surface area (Å²) in [5, 5.41) is 12.0. The molecule has 4 nitrogen and oxygen atoms in total. The maximum absolute atomic E-state index is 11.9. The van der Waals surface area contributed by atoms with Crippen LogP contribution in [-0.4, -0.2) is 36.3 Å². The number of carboxylic acids is 1. The summed E-state index contributed by atoms with van der Waals surface area (Å²) >= 11 is 1.94. The Morgan fingerprint density at radius 2 is 1.73 bits per heavy atom. The van der Waals surface area contributed by atoms with Crippen LogP contribution in [0.1, 0.15) is 59.8 Å². The van der Waals surface area contributed by atoms with E-state index in [4.69, 9.17) is 4.74 Å². The van der Waals surface area contributed by atoms with Gasteiger partial charge in [-0.3, -0.25) is 0 Å². The first-order valence-corrected chi connectivity index (χ1v) is 14.4. The molecule has 5 rings (SSSR count). The molecule has 0 bridgehead atoms. The molecule has 194 valence electrons. The van der Waals surface area contributed by atoms with Crippen molar-refractivity contribution in [1.82, 2.24) is 4.90 Å². The first-order valence-electron chi connectivity index (χ1n) is 13.4. The van der Waals surface area contributed by atoms with E-state index >= 15 is 0 Å². The average Bonchev–Trinajstić information content (AvgIpc) is 3.07. The van der Waals surface area contributed by atoms with Crippen LogP contribution in [0.4, 0.5) is 0 Å². The van der Waals surface area contributed by atoms with Crippen molar-refractivity contribution < 1.29 is 14.6 Å². The molecule has 3 aromatic carbocycles. The number of likely N-dealkylation sites (tertiary alicyclic amines) is 1. The molecule has 5 heteroatoms. The van der Waals surface area contributed by atoms with Crippen molar-refractivity contribution in [2.75, 3.05) is 25.4 Å². The summed E-state index contributed by atoms with van der Waals surface area (Å²) in [5.41, 5.74) is 4.64. The van der Waals surface area contributed by atoms with Gasteiger partial charge in [0.1, 0.15) is 12.4 Å². The Balaban J connectivity index is 1.27. The van der Waals surface area contributed by atoms with Crippen molar-refractivity contribution in [1.29, 1.82) is 0 Å². The molecule has 2 heterocycles. The zero-order chi connectivity index (χ0) is 25.8. The predicted molar refractivity (Wildman–Crippen MR) is 149 cm³/mol. The Morgan fingerprint density at radius 1 is 1.00 bits per heavy atom. The molecule has 1 unspecified atom stereocenters. The second kappa shape index (κ2) is 11.3. The van der Waals surface area contributed by atoms with Gasteiger partial charge in [-0.1, -0.05) is 74.5 Å². The second-order valence-corrected chi connectivity index (χ2v) is 12.1. The fourth-order valence-electron chi connectivity index (χ4n) is 5.48. The summed E-state index contributed by atoms with van der Waals surface area (Å²) in [7, 11) is 0. The van der Waals surface area contributed by atoms with E-state index in [9.17, 15) is 9.90 Å². The normalized spacial score (nSPS) is 18.4. The zero-order valence-corrected chi connectivity index (χ0v) is 22.6. The SMILES string of the molecule is CC(C)(C(=O)[O-])c1ccc2c(c1)C(SCCN1CCC(Cc3ccccc3)CC1)c1ccccc1CO2. The van der Waals surface area contributed by atoms with Gasteiger partial charge in [0.05, 0.1) is 11.2 Å². The van der Waals surface area contributed by atoms with Crippen LogP contribution in [0.3, 0.4) is 0 Å². The smallest absolute Gasteiger partial charge is 0.124 e. The molecule has 2 aliphatic rings. The van der Waals surface area contributed by atoms with Gasteiger partial charge >= 0.3 is 0 Å². The predicted octanol–water partition coefficient (Wildman–Crippen LogP) is 5.38. The molecule has 0 amide bonds. The molecule has 0 N–H and O–H groups in total. The lowest BCUT2D eigenvalue weighted by atomic mass is 9.83. The molecule has 1 atom stereocenters. The molecule has 0 saturated carbocycles. The van der Waals surface area contributed by atoms with Crippen molar-refractivity contribution in [3.8, 4) is 5.75 Å². The molecular weight excluding hydrogens is 478 g/mol. The average molecular weight is 515 g/mol. The molecule has 1 fully saturated rings. The third-order valence-electron chi connectivity index (χ3n) is 8.01. The lowest BCUT2D eigenvalue weighted by Gasteiger charge is -2.32. The molecule has 37 heavy (non-hydrogen) atoms. The number of ether oxygens (including phenoxy) is 1. The first-order chi connectivity index (χ1) is 17.9. The second-order valence-electron chi connectivity index (χ2n) is 10.9.